The molecule has 2 saturated heterocycles. The lowest BCUT2D eigenvalue weighted by atomic mass is 10.3. The third-order valence-electron chi connectivity index (χ3n) is 5.22. The van der Waals surface area contributed by atoms with Crippen LogP contribution in [0.25, 0.3) is 0 Å². The van der Waals surface area contributed by atoms with Crippen LogP contribution in [0, 0.1) is 12.7 Å². The number of carbonyl (C=O) groups excluding carboxylic acids is 1. The summed E-state index contributed by atoms with van der Waals surface area (Å²) in [7, 11) is 0. The standard InChI is InChI=1S/C20H25FN6O/c1-15-14-18(24-19(22-15)26-8-4-5-9-26)25-10-12-27(13-11-25)20(28)23-17-7-3-2-6-16(17)21/h2-3,6-7,14H,4-5,8-13H2,1H3,(H,23,28). The van der Waals surface area contributed by atoms with Crippen LogP contribution in [0.5, 0.6) is 0 Å². The number of nitrogens with zero attached hydrogens (tertiary/aromatic N) is 5. The number of benzene rings is 1. The van der Waals surface area contributed by atoms with Crippen molar-refractivity contribution in [2.24, 2.45) is 0 Å². The Morgan fingerprint density at radius 3 is 2.43 bits per heavy atom. The minimum absolute atomic E-state index is 0.205. The van der Waals surface area contributed by atoms with Crippen molar-refractivity contribution in [2.45, 2.75) is 19.8 Å². The summed E-state index contributed by atoms with van der Waals surface area (Å²) < 4.78 is 13.7. The van der Waals surface area contributed by atoms with E-state index in [1.165, 1.54) is 18.9 Å². The summed E-state index contributed by atoms with van der Waals surface area (Å²) in [5.74, 6) is 1.27. The highest BCUT2D eigenvalue weighted by molar-refractivity contribution is 5.89. The lowest BCUT2D eigenvalue weighted by Crippen LogP contribution is -2.50. The molecule has 4 rings (SSSR count). The van der Waals surface area contributed by atoms with Gasteiger partial charge in [-0.3, -0.25) is 0 Å². The van der Waals surface area contributed by atoms with Crippen LogP contribution in [0.3, 0.4) is 0 Å². The quantitative estimate of drug-likeness (QED) is 0.882. The number of halogens is 1. The summed E-state index contributed by atoms with van der Waals surface area (Å²) in [5, 5.41) is 2.65. The molecule has 0 radical (unpaired) electrons. The number of nitrogens with one attached hydrogen (secondary N) is 1. The van der Waals surface area contributed by atoms with E-state index in [1.807, 2.05) is 13.0 Å². The topological polar surface area (TPSA) is 64.6 Å². The zero-order valence-corrected chi connectivity index (χ0v) is 16.1. The van der Waals surface area contributed by atoms with Gasteiger partial charge in [0.05, 0.1) is 5.69 Å². The van der Waals surface area contributed by atoms with Gasteiger partial charge in [0.2, 0.25) is 5.95 Å². The number of hydrogen-bond acceptors (Lipinski definition) is 5. The number of hydrogen-bond donors (Lipinski definition) is 1. The maximum atomic E-state index is 13.7. The second-order valence-corrected chi connectivity index (χ2v) is 7.25. The molecule has 0 spiro atoms. The van der Waals surface area contributed by atoms with Crippen LogP contribution in [0.1, 0.15) is 18.5 Å². The maximum absolute atomic E-state index is 13.7. The van der Waals surface area contributed by atoms with Crippen LogP contribution in [0.15, 0.2) is 30.3 Å². The predicted octanol–water partition coefficient (Wildman–Crippen LogP) is 2.88. The van der Waals surface area contributed by atoms with Crippen molar-refractivity contribution >= 4 is 23.5 Å². The number of urea groups is 1. The van der Waals surface area contributed by atoms with Gasteiger partial charge in [-0.2, -0.15) is 4.98 Å². The molecule has 2 aliphatic heterocycles. The van der Waals surface area contributed by atoms with Crippen molar-refractivity contribution in [3.8, 4) is 0 Å². The van der Waals surface area contributed by atoms with E-state index in [2.05, 4.69) is 20.1 Å². The van der Waals surface area contributed by atoms with Crippen molar-refractivity contribution in [2.75, 3.05) is 54.4 Å². The van der Waals surface area contributed by atoms with Crippen molar-refractivity contribution in [1.29, 1.82) is 0 Å². The Morgan fingerprint density at radius 2 is 1.71 bits per heavy atom. The molecule has 0 aliphatic carbocycles. The second-order valence-electron chi connectivity index (χ2n) is 7.25. The average molecular weight is 384 g/mol. The van der Waals surface area contributed by atoms with E-state index in [9.17, 15) is 9.18 Å². The molecule has 8 heteroatoms. The van der Waals surface area contributed by atoms with Crippen molar-refractivity contribution in [3.63, 3.8) is 0 Å². The SMILES string of the molecule is Cc1cc(N2CCN(C(=O)Nc3ccccc3F)CC2)nc(N2CCCC2)n1. The van der Waals surface area contributed by atoms with Gasteiger partial charge in [-0.15, -0.1) is 0 Å². The number of amides is 2. The summed E-state index contributed by atoms with van der Waals surface area (Å²) in [5.41, 5.74) is 1.16. The average Bonchev–Trinajstić information content (AvgIpc) is 3.24. The van der Waals surface area contributed by atoms with Gasteiger partial charge in [0.1, 0.15) is 11.6 Å². The molecule has 0 bridgehead atoms. The van der Waals surface area contributed by atoms with Crippen LogP contribution >= 0.6 is 0 Å². The molecule has 1 aromatic carbocycles. The molecule has 2 aliphatic rings. The first-order valence-electron chi connectivity index (χ1n) is 9.76. The van der Waals surface area contributed by atoms with Crippen LogP contribution in [0.2, 0.25) is 0 Å². The smallest absolute Gasteiger partial charge is 0.322 e. The summed E-state index contributed by atoms with van der Waals surface area (Å²) >= 11 is 0. The van der Waals surface area contributed by atoms with E-state index in [0.717, 1.165) is 30.5 Å². The maximum Gasteiger partial charge on any atom is 0.322 e. The molecule has 0 atom stereocenters. The number of aromatic nitrogens is 2. The van der Waals surface area contributed by atoms with Crippen LogP contribution < -0.4 is 15.1 Å². The molecule has 2 aromatic rings. The highest BCUT2D eigenvalue weighted by atomic mass is 19.1. The highest BCUT2D eigenvalue weighted by Gasteiger charge is 2.24. The van der Waals surface area contributed by atoms with E-state index in [1.54, 1.807) is 23.1 Å². The summed E-state index contributed by atoms with van der Waals surface area (Å²) in [4.78, 5) is 27.9. The first kappa shape index (κ1) is 18.5. The third-order valence-corrected chi connectivity index (χ3v) is 5.22. The Kier molecular flexibility index (Phi) is 5.27. The molecule has 0 saturated carbocycles. The van der Waals surface area contributed by atoms with Crippen LogP contribution in [-0.2, 0) is 0 Å². The summed E-state index contributed by atoms with van der Waals surface area (Å²) in [6.07, 6.45) is 2.37. The summed E-state index contributed by atoms with van der Waals surface area (Å²) in [6, 6.07) is 7.92. The largest absolute Gasteiger partial charge is 0.353 e. The van der Waals surface area contributed by atoms with E-state index < -0.39 is 5.82 Å². The molecule has 2 amide bonds. The van der Waals surface area contributed by atoms with Gasteiger partial charge in [0, 0.05) is 51.0 Å². The van der Waals surface area contributed by atoms with Crippen LogP contribution in [-0.4, -0.2) is 60.2 Å². The number of piperazine rings is 1. The van der Waals surface area contributed by atoms with Crippen molar-refractivity contribution in [1.82, 2.24) is 14.9 Å². The highest BCUT2D eigenvalue weighted by Crippen LogP contribution is 2.22. The molecule has 7 nitrogen and oxygen atoms in total. The van der Waals surface area contributed by atoms with E-state index in [-0.39, 0.29) is 11.7 Å². The van der Waals surface area contributed by atoms with Gasteiger partial charge < -0.3 is 20.0 Å². The molecular formula is C20H25FN6O. The Bertz CT molecular complexity index is 846. The molecule has 28 heavy (non-hydrogen) atoms. The molecule has 2 fully saturated rings. The molecule has 148 valence electrons. The van der Waals surface area contributed by atoms with E-state index in [4.69, 9.17) is 4.98 Å². The normalized spacial score (nSPS) is 17.1. The number of anilines is 3. The predicted molar refractivity (Wildman–Crippen MR) is 107 cm³/mol. The lowest BCUT2D eigenvalue weighted by Gasteiger charge is -2.35. The fourth-order valence-corrected chi connectivity index (χ4v) is 3.65. The van der Waals surface area contributed by atoms with Gasteiger partial charge in [0.15, 0.2) is 0 Å². The van der Waals surface area contributed by atoms with Crippen molar-refractivity contribution < 1.29 is 9.18 Å². The minimum Gasteiger partial charge on any atom is -0.353 e. The molecule has 0 unspecified atom stereocenters. The number of para-hydroxylation sites is 1. The number of rotatable bonds is 3. The zero-order valence-electron chi connectivity index (χ0n) is 16.1. The molecule has 1 aromatic heterocycles. The second kappa shape index (κ2) is 8.00. The first-order chi connectivity index (χ1) is 13.6. The Balaban J connectivity index is 1.39. The molecular weight excluding hydrogens is 359 g/mol. The van der Waals surface area contributed by atoms with E-state index >= 15 is 0 Å². The molecule has 3 heterocycles. The van der Waals surface area contributed by atoms with Crippen LogP contribution in [0.4, 0.5) is 26.6 Å². The number of aryl methyl sites for hydroxylation is 1. The minimum atomic E-state index is -0.430. The third kappa shape index (κ3) is 4.00. The van der Waals surface area contributed by atoms with Gasteiger partial charge in [-0.1, -0.05) is 12.1 Å². The Labute approximate surface area is 164 Å². The zero-order chi connectivity index (χ0) is 19.5. The Hall–Kier alpha value is -2.90. The monoisotopic (exact) mass is 384 g/mol. The fraction of sp³-hybridized carbons (Fsp3) is 0.450. The van der Waals surface area contributed by atoms with E-state index in [0.29, 0.717) is 26.2 Å². The van der Waals surface area contributed by atoms with Gasteiger partial charge in [-0.25, -0.2) is 14.2 Å². The van der Waals surface area contributed by atoms with Gasteiger partial charge >= 0.3 is 6.03 Å². The first-order valence-corrected chi connectivity index (χ1v) is 9.76. The number of carbonyl (C=O) groups is 1. The summed E-state index contributed by atoms with van der Waals surface area (Å²) in [6.45, 7) is 6.48. The van der Waals surface area contributed by atoms with Crippen molar-refractivity contribution in [3.05, 3.63) is 41.8 Å². The Morgan fingerprint density at radius 1 is 1.00 bits per heavy atom. The van der Waals surface area contributed by atoms with Gasteiger partial charge in [-0.05, 0) is 31.9 Å². The van der Waals surface area contributed by atoms with Gasteiger partial charge in [0.25, 0.3) is 0 Å². The fourth-order valence-electron chi connectivity index (χ4n) is 3.65. The molecule has 1 N–H and O–H groups in total. The lowest BCUT2D eigenvalue weighted by molar-refractivity contribution is 0.208.